The number of piperazine rings is 1. The van der Waals surface area contributed by atoms with Gasteiger partial charge in [-0.1, -0.05) is 62.7 Å². The average molecular weight is 602 g/mol. The molecule has 0 saturated carbocycles. The van der Waals surface area contributed by atoms with Crippen LogP contribution in [0.1, 0.15) is 47.3 Å². The van der Waals surface area contributed by atoms with Gasteiger partial charge in [0.2, 0.25) is 15.9 Å². The number of fused-ring (bicyclic) bond motifs is 1. The zero-order valence-corrected chi connectivity index (χ0v) is 25.0. The van der Waals surface area contributed by atoms with E-state index in [2.05, 4.69) is 22.2 Å². The molecule has 0 aliphatic carbocycles. The number of carbonyl (C=O) groups excluding carboxylic acids is 1. The maximum absolute atomic E-state index is 13.8. The average Bonchev–Trinajstić information content (AvgIpc) is 3.03. The second kappa shape index (κ2) is 12.9. The Kier molecular flexibility index (Phi) is 9.02. The summed E-state index contributed by atoms with van der Waals surface area (Å²) in [5.74, 6) is -1.19. The van der Waals surface area contributed by atoms with Gasteiger partial charge in [0.15, 0.2) is 0 Å². The topological polar surface area (TPSA) is 133 Å². The lowest BCUT2D eigenvalue weighted by Gasteiger charge is -2.40. The summed E-state index contributed by atoms with van der Waals surface area (Å²) in [5.41, 5.74) is 3.81. The molecule has 4 aromatic rings. The molecule has 2 N–H and O–H groups in total. The minimum Gasteiger partial charge on any atom is -0.478 e. The predicted octanol–water partition coefficient (Wildman–Crippen LogP) is 4.04. The van der Waals surface area contributed by atoms with E-state index in [4.69, 9.17) is 0 Å². The molecule has 1 aliphatic rings. The number of sulfonamides is 1. The van der Waals surface area contributed by atoms with Crippen LogP contribution in [0.5, 0.6) is 0 Å². The standard InChI is InChI=1S/C32H35N5O5S/c1-3-6-23-9-11-24(12-10-23)19-34-31(38)28-21-36(29-20-33-27-8-5-7-26(32(39)40)30(27)35-29)17-18-37(28)43(41,42)25-15-13-22(4-2)14-16-25/h5,7-16,20,28H,3-4,6,17-19,21H2,1-2H3,(H,34,38)(H,39,40)/t28-/m1/s1. The van der Waals surface area contributed by atoms with Gasteiger partial charge >= 0.3 is 5.97 Å². The lowest BCUT2D eigenvalue weighted by molar-refractivity contribution is -0.125. The van der Waals surface area contributed by atoms with Gasteiger partial charge in [0.1, 0.15) is 17.4 Å². The Balaban J connectivity index is 1.44. The van der Waals surface area contributed by atoms with Crippen LogP contribution in [-0.2, 0) is 34.2 Å². The fourth-order valence-corrected chi connectivity index (χ4v) is 6.85. The van der Waals surface area contributed by atoms with Crippen LogP contribution in [0.25, 0.3) is 11.0 Å². The van der Waals surface area contributed by atoms with Crippen LogP contribution in [0.15, 0.2) is 77.8 Å². The van der Waals surface area contributed by atoms with Gasteiger partial charge in [-0.25, -0.2) is 18.2 Å². The smallest absolute Gasteiger partial charge is 0.337 e. The molecule has 5 rings (SSSR count). The highest BCUT2D eigenvalue weighted by Gasteiger charge is 2.40. The molecular formula is C32H35N5O5S. The Labute approximate surface area is 251 Å². The van der Waals surface area contributed by atoms with Crippen molar-refractivity contribution in [3.05, 3.63) is 95.2 Å². The van der Waals surface area contributed by atoms with Crippen LogP contribution in [0.4, 0.5) is 5.82 Å². The fourth-order valence-electron chi connectivity index (χ4n) is 5.28. The molecule has 1 atom stereocenters. The number of rotatable bonds is 10. The number of nitrogens with one attached hydrogen (secondary N) is 1. The molecular weight excluding hydrogens is 566 g/mol. The number of anilines is 1. The van der Waals surface area contributed by atoms with Crippen LogP contribution in [0, 0.1) is 0 Å². The first-order valence-corrected chi connectivity index (χ1v) is 15.9. The number of benzene rings is 3. The lowest BCUT2D eigenvalue weighted by Crippen LogP contribution is -2.60. The normalized spacial score (nSPS) is 15.9. The molecule has 1 fully saturated rings. The van der Waals surface area contributed by atoms with E-state index in [9.17, 15) is 23.1 Å². The van der Waals surface area contributed by atoms with Gasteiger partial charge in [-0.05, 0) is 53.8 Å². The van der Waals surface area contributed by atoms with Gasteiger partial charge in [-0.3, -0.25) is 9.78 Å². The number of aromatic carboxylic acids is 1. The molecule has 0 bridgehead atoms. The lowest BCUT2D eigenvalue weighted by atomic mass is 10.1. The zero-order valence-electron chi connectivity index (χ0n) is 24.2. The van der Waals surface area contributed by atoms with Crippen molar-refractivity contribution in [2.75, 3.05) is 24.5 Å². The van der Waals surface area contributed by atoms with Crippen molar-refractivity contribution in [1.29, 1.82) is 0 Å². The molecule has 3 aromatic carbocycles. The number of hydrogen-bond acceptors (Lipinski definition) is 7. The van der Waals surface area contributed by atoms with Crippen molar-refractivity contribution >= 4 is 38.8 Å². The highest BCUT2D eigenvalue weighted by molar-refractivity contribution is 7.89. The van der Waals surface area contributed by atoms with Crippen molar-refractivity contribution in [2.45, 2.75) is 50.6 Å². The fraction of sp³-hybridized carbons (Fsp3) is 0.312. The first kappa shape index (κ1) is 30.1. The molecule has 1 amide bonds. The highest BCUT2D eigenvalue weighted by Crippen LogP contribution is 2.26. The molecule has 10 nitrogen and oxygen atoms in total. The summed E-state index contributed by atoms with van der Waals surface area (Å²) in [5, 5.41) is 12.6. The number of nitrogens with zero attached hydrogens (tertiary/aromatic N) is 4. The van der Waals surface area contributed by atoms with E-state index in [0.717, 1.165) is 30.4 Å². The Morgan fingerprint density at radius 2 is 1.65 bits per heavy atom. The third kappa shape index (κ3) is 6.52. The number of para-hydroxylation sites is 1. The molecule has 1 saturated heterocycles. The molecule has 43 heavy (non-hydrogen) atoms. The zero-order chi connectivity index (χ0) is 30.6. The SMILES string of the molecule is CCCc1ccc(CNC(=O)[C@H]2CN(c3cnc4cccc(C(=O)O)c4n3)CCN2S(=O)(=O)c2ccc(CC)cc2)cc1. The molecule has 2 heterocycles. The second-order valence-electron chi connectivity index (χ2n) is 10.6. The van der Waals surface area contributed by atoms with Crippen molar-refractivity contribution in [2.24, 2.45) is 0 Å². The molecule has 11 heteroatoms. The first-order valence-electron chi connectivity index (χ1n) is 14.4. The number of aryl methyl sites for hydroxylation is 2. The number of hydrogen-bond donors (Lipinski definition) is 2. The summed E-state index contributed by atoms with van der Waals surface area (Å²) in [6.45, 7) is 4.65. The summed E-state index contributed by atoms with van der Waals surface area (Å²) in [7, 11) is -4.00. The Bertz CT molecular complexity index is 1730. The first-order chi connectivity index (χ1) is 20.7. The molecule has 0 spiro atoms. The molecule has 0 radical (unpaired) electrons. The van der Waals surface area contributed by atoms with E-state index in [1.165, 1.54) is 22.1 Å². The quantitative estimate of drug-likeness (QED) is 0.278. The summed E-state index contributed by atoms with van der Waals surface area (Å²) in [4.78, 5) is 36.4. The van der Waals surface area contributed by atoms with Crippen LogP contribution in [-0.4, -0.2) is 65.4 Å². The van der Waals surface area contributed by atoms with E-state index in [1.54, 1.807) is 41.3 Å². The van der Waals surface area contributed by atoms with Gasteiger partial charge in [0, 0.05) is 26.2 Å². The minimum absolute atomic E-state index is 0.0165. The van der Waals surface area contributed by atoms with Crippen LogP contribution >= 0.6 is 0 Å². The van der Waals surface area contributed by atoms with E-state index < -0.39 is 27.9 Å². The molecule has 0 unspecified atom stereocenters. The van der Waals surface area contributed by atoms with Crippen LogP contribution in [0.2, 0.25) is 0 Å². The third-order valence-electron chi connectivity index (χ3n) is 7.72. The van der Waals surface area contributed by atoms with Gasteiger partial charge < -0.3 is 15.3 Å². The van der Waals surface area contributed by atoms with Gasteiger partial charge in [-0.15, -0.1) is 0 Å². The highest BCUT2D eigenvalue weighted by atomic mass is 32.2. The van der Waals surface area contributed by atoms with Gasteiger partial charge in [0.05, 0.1) is 22.2 Å². The van der Waals surface area contributed by atoms with Crippen LogP contribution < -0.4 is 10.2 Å². The van der Waals surface area contributed by atoms with E-state index >= 15 is 0 Å². The minimum atomic E-state index is -4.00. The number of aromatic nitrogens is 2. The second-order valence-corrected chi connectivity index (χ2v) is 12.5. The third-order valence-corrected chi connectivity index (χ3v) is 9.64. The summed E-state index contributed by atoms with van der Waals surface area (Å²) in [6, 6.07) is 18.4. The molecule has 1 aromatic heterocycles. The van der Waals surface area contributed by atoms with E-state index in [-0.39, 0.29) is 42.2 Å². The monoisotopic (exact) mass is 601 g/mol. The summed E-state index contributed by atoms with van der Waals surface area (Å²) < 4.78 is 28.9. The number of carbonyl (C=O) groups is 2. The van der Waals surface area contributed by atoms with Crippen molar-refractivity contribution in [1.82, 2.24) is 19.6 Å². The van der Waals surface area contributed by atoms with Crippen molar-refractivity contribution in [3.63, 3.8) is 0 Å². The Morgan fingerprint density at radius 1 is 0.953 bits per heavy atom. The van der Waals surface area contributed by atoms with E-state index in [0.29, 0.717) is 11.3 Å². The number of amides is 1. The molecule has 1 aliphatic heterocycles. The van der Waals surface area contributed by atoms with Crippen molar-refractivity contribution in [3.8, 4) is 0 Å². The largest absolute Gasteiger partial charge is 0.478 e. The van der Waals surface area contributed by atoms with Crippen LogP contribution in [0.3, 0.4) is 0 Å². The van der Waals surface area contributed by atoms with Gasteiger partial charge in [-0.2, -0.15) is 4.31 Å². The predicted molar refractivity (Wildman–Crippen MR) is 164 cm³/mol. The Morgan fingerprint density at radius 3 is 2.33 bits per heavy atom. The van der Waals surface area contributed by atoms with Crippen molar-refractivity contribution < 1.29 is 23.1 Å². The van der Waals surface area contributed by atoms with Gasteiger partial charge in [0.25, 0.3) is 0 Å². The summed E-state index contributed by atoms with van der Waals surface area (Å²) >= 11 is 0. The maximum atomic E-state index is 13.8. The molecule has 224 valence electrons. The number of carboxylic acid groups (broad SMARTS) is 1. The van der Waals surface area contributed by atoms with E-state index in [1.807, 2.05) is 31.2 Å². The summed E-state index contributed by atoms with van der Waals surface area (Å²) in [6.07, 6.45) is 4.31. The number of carboxylic acids is 1. The Hall–Kier alpha value is -4.35. The maximum Gasteiger partial charge on any atom is 0.337 e.